The highest BCUT2D eigenvalue weighted by atomic mass is 32.2. The molecule has 15 rings (SSSR count). The van der Waals surface area contributed by atoms with Gasteiger partial charge in [0.1, 0.15) is 87.3 Å². The van der Waals surface area contributed by atoms with Gasteiger partial charge in [0.05, 0.1) is 49.1 Å². The Bertz CT molecular complexity index is 6230. The molecular weight excluding hydrogens is 1820 g/mol. The molecule has 0 N–H and O–H groups in total. The smallest absolute Gasteiger partial charge is 0.204 e. The highest BCUT2D eigenvalue weighted by Crippen LogP contribution is 2.40. The van der Waals surface area contributed by atoms with Gasteiger partial charge in [0.2, 0.25) is 17.4 Å². The third-order valence-corrected chi connectivity index (χ3v) is 29.7. The van der Waals surface area contributed by atoms with E-state index in [2.05, 4.69) is 227 Å². The summed E-state index contributed by atoms with van der Waals surface area (Å²) in [6, 6.07) is 109. The highest BCUT2D eigenvalue weighted by Gasteiger charge is 2.33. The fourth-order valence-corrected chi connectivity index (χ4v) is 20.6. The van der Waals surface area contributed by atoms with Crippen molar-refractivity contribution >= 4 is 63.0 Å². The number of hydrogen-bond donors (Lipinski definition) is 0. The predicted molar refractivity (Wildman–Crippen MR) is 497 cm³/mol. The van der Waals surface area contributed by atoms with Crippen molar-refractivity contribution in [3.8, 4) is 28.7 Å². The molecule has 12 nitrogen and oxygen atoms in total. The van der Waals surface area contributed by atoms with Crippen LogP contribution >= 0.6 is 0 Å². The molecule has 15 aromatic rings. The molecule has 0 aromatic heterocycles. The van der Waals surface area contributed by atoms with Gasteiger partial charge in [-0.3, -0.25) is 0 Å². The second-order valence-electron chi connectivity index (χ2n) is 29.7. The fraction of sp³-hybridized carbons (Fsp3) is 0.143. The standard InChI is InChI=1S/C19H17S.C18H12F3S.C18H22O4S.C18H15S.C16H12F6O4S.C16H18O4S/c1-16-12-14-19(15-13-16)20(17-8-4-2-5-9-17)18-10-6-3-7-11-18;19-13-1-7-16(8-2-13)22(17-9-3-14(20)4-10-17)18-11-5-15(21)6-12-18;1-3-14(2)16-6-8-17(9-7-16)22-13-12-15-4-10-18(11-5-15)23(19,20)21;1-4-10-16(11-5-1)19(17-12-6-2-7-13-17)18-14-8-3-9-15-18;1-3-6(2)10-11(19)13(21)15(14(22)12(10)20)26-7-4-8(17)16(9(18)5-7)27(23,24)25;1-3-12(2)13-4-6-14(7-5-13)20-15-8-10-16(11-9-15)21(17,18)19/h2-15H,1H3;1-12H;4-11,14H,3,12-13H2,1-2H3,(H,19,20,21);1-15H;4-6H,3H2,1-2H3,(H,23,24,25);4-12H,3H2,1-2H3,(H,17,18,19)/q2*+1;;+1;;/p-3. The van der Waals surface area contributed by atoms with Gasteiger partial charge in [0, 0.05) is 24.1 Å². The van der Waals surface area contributed by atoms with Crippen molar-refractivity contribution in [3.05, 3.63) is 438 Å². The molecule has 3 unspecified atom stereocenters. The van der Waals surface area contributed by atoms with Crippen LogP contribution in [0.25, 0.3) is 0 Å². The first-order valence-electron chi connectivity index (χ1n) is 41.5. The lowest BCUT2D eigenvalue weighted by Gasteiger charge is -2.17. The molecule has 0 saturated heterocycles. The van der Waals surface area contributed by atoms with E-state index in [1.54, 1.807) is 48.5 Å². The van der Waals surface area contributed by atoms with Crippen molar-refractivity contribution in [3.63, 3.8) is 0 Å². The van der Waals surface area contributed by atoms with E-state index in [0.717, 1.165) is 38.8 Å². The summed E-state index contributed by atoms with van der Waals surface area (Å²) in [6.45, 7) is 14.1. The second-order valence-corrected chi connectivity index (χ2v) is 39.9. The zero-order chi connectivity index (χ0) is 95.2. The molecule has 0 fully saturated rings. The summed E-state index contributed by atoms with van der Waals surface area (Å²) >= 11 is 0. The van der Waals surface area contributed by atoms with Crippen molar-refractivity contribution in [2.45, 2.75) is 151 Å². The van der Waals surface area contributed by atoms with Gasteiger partial charge in [-0.1, -0.05) is 187 Å². The van der Waals surface area contributed by atoms with Crippen molar-refractivity contribution in [1.29, 1.82) is 0 Å². The van der Waals surface area contributed by atoms with Crippen LogP contribution in [0, 0.1) is 59.3 Å². The third-order valence-electron chi connectivity index (χ3n) is 20.4. The van der Waals surface area contributed by atoms with Crippen LogP contribution < -0.4 is 14.2 Å². The molecule has 27 heteroatoms. The first-order chi connectivity index (χ1) is 63.1. The average Bonchev–Trinajstić information content (AvgIpc) is 0.769. The van der Waals surface area contributed by atoms with E-state index in [-0.39, 0.29) is 67.6 Å². The summed E-state index contributed by atoms with van der Waals surface area (Å²) in [7, 11) is -14.9. The Morgan fingerprint density at radius 1 is 0.303 bits per heavy atom. The van der Waals surface area contributed by atoms with E-state index >= 15 is 0 Å². The second kappa shape index (κ2) is 48.8. The fourth-order valence-electron chi connectivity index (χ4n) is 12.8. The number of hydrogen-bond acceptors (Lipinski definition) is 12. The largest absolute Gasteiger partial charge is 0.744 e. The van der Waals surface area contributed by atoms with Crippen LogP contribution in [0.2, 0.25) is 0 Å². The zero-order valence-corrected chi connectivity index (χ0v) is 77.5. The summed E-state index contributed by atoms with van der Waals surface area (Å²) in [4.78, 5) is 8.54. The molecule has 0 amide bonds. The summed E-state index contributed by atoms with van der Waals surface area (Å²) in [5, 5.41) is 0. The topological polar surface area (TPSA) is 199 Å². The Labute approximate surface area is 774 Å². The average molecular weight is 1910 g/mol. The van der Waals surface area contributed by atoms with Crippen molar-refractivity contribution in [2.24, 2.45) is 0 Å². The molecule has 684 valence electrons. The summed E-state index contributed by atoms with van der Waals surface area (Å²) in [6.07, 6.45) is 2.99. The minimum Gasteiger partial charge on any atom is -0.744 e. The van der Waals surface area contributed by atoms with Crippen LogP contribution in [0.4, 0.5) is 39.5 Å². The van der Waals surface area contributed by atoms with E-state index in [0.29, 0.717) is 36.4 Å². The van der Waals surface area contributed by atoms with E-state index in [4.69, 9.17) is 9.47 Å². The lowest BCUT2D eigenvalue weighted by atomic mass is 9.96. The van der Waals surface area contributed by atoms with Gasteiger partial charge in [0.25, 0.3) is 0 Å². The first kappa shape index (κ1) is 102. The minimum absolute atomic E-state index is 0.0146. The van der Waals surface area contributed by atoms with E-state index in [9.17, 15) is 78.4 Å². The molecule has 0 bridgehead atoms. The Hall–Kier alpha value is -12.2. The summed E-state index contributed by atoms with van der Waals surface area (Å²) < 4.78 is 236. The van der Waals surface area contributed by atoms with Gasteiger partial charge in [0.15, 0.2) is 55.7 Å². The molecular formula is C105H93F9O12S6. The normalized spacial score (nSPS) is 11.9. The quantitative estimate of drug-likeness (QED) is 0.0215. The Kier molecular flexibility index (Phi) is 37.7. The zero-order valence-electron chi connectivity index (χ0n) is 72.6. The third kappa shape index (κ3) is 29.4. The maximum absolute atomic E-state index is 14.1. The molecule has 0 aliphatic rings. The Morgan fingerprint density at radius 3 is 0.879 bits per heavy atom. The molecule has 0 radical (unpaired) electrons. The number of rotatable bonds is 26. The molecule has 0 aliphatic heterocycles. The van der Waals surface area contributed by atoms with Gasteiger partial charge < -0.3 is 27.9 Å². The molecule has 0 heterocycles. The molecule has 15 aromatic carbocycles. The minimum atomic E-state index is -5.53. The highest BCUT2D eigenvalue weighted by molar-refractivity contribution is 7.97. The van der Waals surface area contributed by atoms with Gasteiger partial charge in [-0.05, 0) is 267 Å². The maximum atomic E-state index is 14.1. The molecule has 0 aliphatic carbocycles. The Morgan fingerprint density at radius 2 is 0.583 bits per heavy atom. The summed E-state index contributed by atoms with van der Waals surface area (Å²) in [5.41, 5.74) is 3.92. The molecule has 132 heavy (non-hydrogen) atoms. The van der Waals surface area contributed by atoms with Crippen LogP contribution in [0.5, 0.6) is 28.7 Å². The van der Waals surface area contributed by atoms with Gasteiger partial charge in [-0.25, -0.2) is 56.0 Å². The number of halogens is 9. The van der Waals surface area contributed by atoms with Gasteiger partial charge >= 0.3 is 0 Å². The van der Waals surface area contributed by atoms with Crippen LogP contribution in [0.1, 0.15) is 106 Å². The molecule has 0 saturated carbocycles. The van der Waals surface area contributed by atoms with E-state index < -0.39 is 104 Å². The van der Waals surface area contributed by atoms with Gasteiger partial charge in [-0.15, -0.1) is 0 Å². The lowest BCUT2D eigenvalue weighted by molar-refractivity contribution is 0.322. The van der Waals surface area contributed by atoms with E-state index in [1.165, 1.54) is 133 Å². The monoisotopic (exact) mass is 1910 g/mol. The predicted octanol–water partition coefficient (Wildman–Crippen LogP) is 27.4. The SMILES string of the molecule is CCC(C)c1c(F)c(F)c(Oc2cc(F)c(S(=O)(=O)[O-])c(F)c2)c(F)c1F.CCC(C)c1ccc(OCCc2ccc(S(=O)(=O)[O-])cc2)cc1.CCC(C)c1ccc(Oc2ccc(S(=O)(=O)[O-])cc2)cc1.Cc1ccc([S+](c2ccccc2)c2ccccc2)cc1.Fc1ccc([S+](c2ccc(F)cc2)c2ccc(F)cc2)cc1.c1ccc([S+](c2ccccc2)c2ccccc2)cc1. The van der Waals surface area contributed by atoms with Crippen LogP contribution in [-0.4, -0.2) is 45.5 Å². The number of ether oxygens (including phenoxy) is 3. The lowest BCUT2D eigenvalue weighted by Crippen LogP contribution is -2.09. The summed E-state index contributed by atoms with van der Waals surface area (Å²) in [5.74, 6) is -12.6. The van der Waals surface area contributed by atoms with Crippen LogP contribution in [0.3, 0.4) is 0 Å². The van der Waals surface area contributed by atoms with Crippen molar-refractivity contribution < 1.29 is 92.6 Å². The van der Waals surface area contributed by atoms with Crippen molar-refractivity contribution in [1.82, 2.24) is 0 Å². The maximum Gasteiger partial charge on any atom is 0.204 e. The van der Waals surface area contributed by atoms with Gasteiger partial charge in [-0.2, -0.15) is 8.78 Å². The molecule has 3 atom stereocenters. The molecule has 0 spiro atoms. The van der Waals surface area contributed by atoms with Crippen LogP contribution in [0.15, 0.2) is 417 Å². The van der Waals surface area contributed by atoms with Crippen LogP contribution in [-0.2, 0) is 69.5 Å². The number of aryl methyl sites for hydroxylation is 1. The van der Waals surface area contributed by atoms with E-state index in [1.807, 2.05) is 36.4 Å². The van der Waals surface area contributed by atoms with Crippen molar-refractivity contribution in [2.75, 3.05) is 6.61 Å². The first-order valence-corrected chi connectivity index (χ1v) is 49.4. The number of benzene rings is 15. The Balaban J connectivity index is 0.000000165.